The predicted molar refractivity (Wildman–Crippen MR) is 59.8 cm³/mol. The lowest BCUT2D eigenvalue weighted by atomic mass is 10.2. The third kappa shape index (κ3) is 2.09. The van der Waals surface area contributed by atoms with Crippen molar-refractivity contribution >= 4 is 0 Å². The highest BCUT2D eigenvalue weighted by molar-refractivity contribution is 5.55. The molecule has 0 aliphatic carbocycles. The maximum absolute atomic E-state index is 5.42. The number of pyridine rings is 1. The van der Waals surface area contributed by atoms with E-state index < -0.39 is 0 Å². The van der Waals surface area contributed by atoms with E-state index in [1.165, 1.54) is 0 Å². The van der Waals surface area contributed by atoms with Crippen LogP contribution in [0.2, 0.25) is 0 Å². The lowest BCUT2D eigenvalue weighted by Gasteiger charge is -2.00. The predicted octanol–water partition coefficient (Wildman–Crippen LogP) is 1.25. The van der Waals surface area contributed by atoms with E-state index in [-0.39, 0.29) is 0 Å². The second-order valence-electron chi connectivity index (χ2n) is 3.64. The van der Waals surface area contributed by atoms with Crippen LogP contribution in [0.1, 0.15) is 17.2 Å². The minimum absolute atomic E-state index is 0.508. The highest BCUT2D eigenvalue weighted by atomic mass is 16.5. The molecule has 16 heavy (non-hydrogen) atoms. The zero-order valence-corrected chi connectivity index (χ0v) is 9.40. The molecule has 2 rings (SSSR count). The van der Waals surface area contributed by atoms with Crippen LogP contribution >= 0.6 is 0 Å². The summed E-state index contributed by atoms with van der Waals surface area (Å²) in [6.45, 7) is 4.39. The van der Waals surface area contributed by atoms with Gasteiger partial charge in [-0.1, -0.05) is 5.16 Å². The summed E-state index contributed by atoms with van der Waals surface area (Å²) in [6, 6.07) is 3.87. The molecule has 0 unspecified atom stereocenters. The Morgan fingerprint density at radius 2 is 2.06 bits per heavy atom. The van der Waals surface area contributed by atoms with Crippen LogP contribution in [0.5, 0.6) is 0 Å². The van der Waals surface area contributed by atoms with Gasteiger partial charge in [-0.2, -0.15) is 4.98 Å². The van der Waals surface area contributed by atoms with E-state index in [4.69, 9.17) is 10.3 Å². The van der Waals surface area contributed by atoms with Crippen LogP contribution in [-0.4, -0.2) is 21.7 Å². The number of nitrogens with zero attached hydrogens (tertiary/aromatic N) is 3. The van der Waals surface area contributed by atoms with Crippen molar-refractivity contribution in [2.75, 3.05) is 6.54 Å². The van der Waals surface area contributed by atoms with E-state index in [1.54, 1.807) is 0 Å². The smallest absolute Gasteiger partial charge is 0.259 e. The van der Waals surface area contributed by atoms with Gasteiger partial charge in [-0.15, -0.1) is 0 Å². The molecule has 84 valence electrons. The van der Waals surface area contributed by atoms with Crippen LogP contribution in [0.25, 0.3) is 11.5 Å². The van der Waals surface area contributed by atoms with E-state index in [9.17, 15) is 0 Å². The first-order valence-electron chi connectivity index (χ1n) is 5.18. The molecule has 0 spiro atoms. The minimum atomic E-state index is 0.508. The minimum Gasteiger partial charge on any atom is -0.334 e. The van der Waals surface area contributed by atoms with E-state index in [1.807, 2.05) is 26.0 Å². The normalized spacial score (nSPS) is 10.7. The van der Waals surface area contributed by atoms with Gasteiger partial charge in [0.1, 0.15) is 0 Å². The Balaban J connectivity index is 2.35. The van der Waals surface area contributed by atoms with Gasteiger partial charge < -0.3 is 10.3 Å². The molecule has 2 heterocycles. The van der Waals surface area contributed by atoms with Crippen LogP contribution in [0.15, 0.2) is 16.7 Å². The fraction of sp³-hybridized carbons (Fsp3) is 0.364. The maximum atomic E-state index is 5.42. The topological polar surface area (TPSA) is 77.8 Å². The monoisotopic (exact) mass is 218 g/mol. The van der Waals surface area contributed by atoms with Gasteiger partial charge in [-0.25, -0.2) is 0 Å². The van der Waals surface area contributed by atoms with E-state index in [2.05, 4.69) is 15.1 Å². The first kappa shape index (κ1) is 10.8. The lowest BCUT2D eigenvalue weighted by Crippen LogP contribution is -2.03. The Kier molecular flexibility index (Phi) is 2.96. The molecule has 2 aromatic heterocycles. The fourth-order valence-corrected chi connectivity index (χ4v) is 1.51. The molecule has 0 saturated heterocycles. The van der Waals surface area contributed by atoms with Crippen molar-refractivity contribution in [2.45, 2.75) is 20.3 Å². The first-order chi connectivity index (χ1) is 7.70. The van der Waals surface area contributed by atoms with Gasteiger partial charge in [0.25, 0.3) is 5.89 Å². The molecule has 0 saturated carbocycles. The van der Waals surface area contributed by atoms with Crippen LogP contribution < -0.4 is 5.73 Å². The van der Waals surface area contributed by atoms with Gasteiger partial charge in [0.15, 0.2) is 5.82 Å². The molecule has 0 radical (unpaired) electrons. The highest BCUT2D eigenvalue weighted by Gasteiger charge is 2.11. The summed E-state index contributed by atoms with van der Waals surface area (Å²) in [4.78, 5) is 8.62. The fourth-order valence-electron chi connectivity index (χ4n) is 1.51. The summed E-state index contributed by atoms with van der Waals surface area (Å²) >= 11 is 0. The maximum Gasteiger partial charge on any atom is 0.259 e. The third-order valence-corrected chi connectivity index (χ3v) is 2.29. The van der Waals surface area contributed by atoms with Crippen molar-refractivity contribution in [3.63, 3.8) is 0 Å². The summed E-state index contributed by atoms with van der Waals surface area (Å²) in [5.41, 5.74) is 8.17. The molecule has 0 bridgehead atoms. The van der Waals surface area contributed by atoms with Gasteiger partial charge in [0.05, 0.1) is 11.3 Å². The molecule has 2 N–H and O–H groups in total. The van der Waals surface area contributed by atoms with Crippen LogP contribution in [-0.2, 0) is 6.42 Å². The average Bonchev–Trinajstić information content (AvgIpc) is 2.67. The second-order valence-corrected chi connectivity index (χ2v) is 3.64. The standard InChI is InChI=1S/C11H14N4O/c1-7-3-4-9(8(2)13-7)11-14-10(5-6-12)15-16-11/h3-4H,5-6,12H2,1-2H3. The molecule has 5 heteroatoms. The summed E-state index contributed by atoms with van der Waals surface area (Å²) in [7, 11) is 0. The van der Waals surface area contributed by atoms with Crippen molar-refractivity contribution in [3.8, 4) is 11.5 Å². The van der Waals surface area contributed by atoms with Gasteiger partial charge >= 0.3 is 0 Å². The Morgan fingerprint density at radius 1 is 1.25 bits per heavy atom. The van der Waals surface area contributed by atoms with E-state index in [0.717, 1.165) is 17.0 Å². The molecule has 0 aliphatic rings. The molecule has 0 amide bonds. The zero-order chi connectivity index (χ0) is 11.5. The molecular formula is C11H14N4O. The number of nitrogens with two attached hydrogens (primary N) is 1. The molecule has 0 atom stereocenters. The Labute approximate surface area is 93.7 Å². The Morgan fingerprint density at radius 3 is 2.75 bits per heavy atom. The molecule has 2 aromatic rings. The summed E-state index contributed by atoms with van der Waals surface area (Å²) in [5, 5.41) is 3.85. The number of aryl methyl sites for hydroxylation is 2. The average molecular weight is 218 g/mol. The van der Waals surface area contributed by atoms with Gasteiger partial charge in [0.2, 0.25) is 0 Å². The summed E-state index contributed by atoms with van der Waals surface area (Å²) in [5.74, 6) is 1.14. The van der Waals surface area contributed by atoms with Gasteiger partial charge in [-0.05, 0) is 32.5 Å². The second kappa shape index (κ2) is 4.40. The van der Waals surface area contributed by atoms with Crippen molar-refractivity contribution in [2.24, 2.45) is 5.73 Å². The first-order valence-corrected chi connectivity index (χ1v) is 5.18. The molecule has 0 aliphatic heterocycles. The van der Waals surface area contributed by atoms with E-state index >= 15 is 0 Å². The van der Waals surface area contributed by atoms with Crippen molar-refractivity contribution in [3.05, 3.63) is 29.3 Å². The number of hydrogen-bond donors (Lipinski definition) is 1. The lowest BCUT2D eigenvalue weighted by molar-refractivity contribution is 0.422. The van der Waals surface area contributed by atoms with Gasteiger partial charge in [-0.3, -0.25) is 4.98 Å². The summed E-state index contributed by atoms with van der Waals surface area (Å²) < 4.78 is 5.17. The Hall–Kier alpha value is -1.75. The largest absolute Gasteiger partial charge is 0.334 e. The molecule has 0 aromatic carbocycles. The Bertz CT molecular complexity index is 492. The third-order valence-electron chi connectivity index (χ3n) is 2.29. The van der Waals surface area contributed by atoms with Gasteiger partial charge in [0, 0.05) is 12.1 Å². The van der Waals surface area contributed by atoms with Crippen molar-refractivity contribution in [1.29, 1.82) is 0 Å². The van der Waals surface area contributed by atoms with Crippen LogP contribution in [0, 0.1) is 13.8 Å². The quantitative estimate of drug-likeness (QED) is 0.838. The highest BCUT2D eigenvalue weighted by Crippen LogP contribution is 2.20. The molecule has 5 nitrogen and oxygen atoms in total. The summed E-state index contributed by atoms with van der Waals surface area (Å²) in [6.07, 6.45) is 0.627. The van der Waals surface area contributed by atoms with Crippen molar-refractivity contribution < 1.29 is 4.52 Å². The number of rotatable bonds is 3. The zero-order valence-electron chi connectivity index (χ0n) is 9.40. The SMILES string of the molecule is Cc1ccc(-c2nc(CCN)no2)c(C)n1. The van der Waals surface area contributed by atoms with E-state index in [0.29, 0.717) is 24.7 Å². The molecule has 0 fully saturated rings. The van der Waals surface area contributed by atoms with Crippen LogP contribution in [0.3, 0.4) is 0 Å². The number of aromatic nitrogens is 3. The number of hydrogen-bond acceptors (Lipinski definition) is 5. The molecular weight excluding hydrogens is 204 g/mol. The van der Waals surface area contributed by atoms with Crippen molar-refractivity contribution in [1.82, 2.24) is 15.1 Å². The van der Waals surface area contributed by atoms with Crippen LogP contribution in [0.4, 0.5) is 0 Å².